The number of carboxylic acids is 1. The number of benzene rings is 1. The smallest absolute Gasteiger partial charge is 0.335 e. The molecule has 0 radical (unpaired) electrons. The lowest BCUT2D eigenvalue weighted by Crippen LogP contribution is -2.25. The van der Waals surface area contributed by atoms with Crippen molar-refractivity contribution in [3.63, 3.8) is 0 Å². The molecule has 7 nitrogen and oxygen atoms in total. The largest absolute Gasteiger partial charge is 0.478 e. The van der Waals surface area contributed by atoms with Crippen molar-refractivity contribution in [2.24, 2.45) is 0 Å². The van der Waals surface area contributed by atoms with Gasteiger partial charge in [0.1, 0.15) is 11.6 Å². The van der Waals surface area contributed by atoms with E-state index in [1.165, 1.54) is 18.9 Å². The summed E-state index contributed by atoms with van der Waals surface area (Å²) in [5, 5.41) is 20.5. The maximum atomic E-state index is 12.3. The number of rotatable bonds is 6. The van der Waals surface area contributed by atoms with Gasteiger partial charge in [0.2, 0.25) is 0 Å². The number of carbonyl (C=O) groups is 2. The molecule has 1 amide bonds. The fourth-order valence-electron chi connectivity index (χ4n) is 3.32. The van der Waals surface area contributed by atoms with Gasteiger partial charge in [-0.1, -0.05) is 6.42 Å². The number of carbonyl (C=O) groups excluding carboxylic acids is 1. The highest BCUT2D eigenvalue weighted by atomic mass is 16.4. The molecule has 0 bridgehead atoms. The van der Waals surface area contributed by atoms with E-state index in [2.05, 4.69) is 20.1 Å². The van der Waals surface area contributed by atoms with E-state index in [-0.39, 0.29) is 11.5 Å². The summed E-state index contributed by atoms with van der Waals surface area (Å²) in [7, 11) is 0. The third kappa shape index (κ3) is 4.28. The Balaban J connectivity index is 1.53. The maximum Gasteiger partial charge on any atom is 0.335 e. The molecule has 1 aliphatic heterocycles. The number of amides is 1. The summed E-state index contributed by atoms with van der Waals surface area (Å²) in [6.45, 7) is 3.27. The van der Waals surface area contributed by atoms with E-state index >= 15 is 0 Å². The van der Waals surface area contributed by atoms with Crippen molar-refractivity contribution in [2.45, 2.75) is 52.0 Å². The summed E-state index contributed by atoms with van der Waals surface area (Å²) in [5.74, 6) is 0.772. The minimum absolute atomic E-state index is 0.126. The summed E-state index contributed by atoms with van der Waals surface area (Å²) in [5.41, 5.74) is 1.25. The van der Waals surface area contributed by atoms with E-state index in [4.69, 9.17) is 5.11 Å². The Kier molecular flexibility index (Phi) is 5.65. The second kappa shape index (κ2) is 8.12. The second-order valence-electron chi connectivity index (χ2n) is 6.75. The van der Waals surface area contributed by atoms with Gasteiger partial charge in [-0.3, -0.25) is 4.79 Å². The average molecular weight is 356 g/mol. The van der Waals surface area contributed by atoms with Crippen LogP contribution >= 0.6 is 0 Å². The predicted octanol–water partition coefficient (Wildman–Crippen LogP) is 2.37. The molecule has 2 N–H and O–H groups in total. The molecule has 0 fully saturated rings. The molecule has 0 aliphatic carbocycles. The molecule has 0 atom stereocenters. The summed E-state index contributed by atoms with van der Waals surface area (Å²) in [6.07, 6.45) is 6.08. The minimum Gasteiger partial charge on any atom is -0.478 e. The monoisotopic (exact) mass is 356 g/mol. The van der Waals surface area contributed by atoms with Gasteiger partial charge in [0, 0.05) is 31.5 Å². The lowest BCUT2D eigenvalue weighted by Gasteiger charge is -2.08. The van der Waals surface area contributed by atoms with E-state index in [1.54, 1.807) is 19.1 Å². The van der Waals surface area contributed by atoms with Gasteiger partial charge in [0.15, 0.2) is 0 Å². The molecule has 1 aliphatic rings. The van der Waals surface area contributed by atoms with Gasteiger partial charge < -0.3 is 15.0 Å². The number of hydrogen-bond donors (Lipinski definition) is 2. The fourth-order valence-corrected chi connectivity index (χ4v) is 3.32. The predicted molar refractivity (Wildman–Crippen MR) is 96.4 cm³/mol. The van der Waals surface area contributed by atoms with Crippen molar-refractivity contribution in [1.29, 1.82) is 0 Å². The number of hydrogen-bond acceptors (Lipinski definition) is 4. The molecule has 2 heterocycles. The summed E-state index contributed by atoms with van der Waals surface area (Å²) < 4.78 is 2.22. The zero-order valence-electron chi connectivity index (χ0n) is 15.0. The molecule has 0 saturated heterocycles. The summed E-state index contributed by atoms with van der Waals surface area (Å²) in [6, 6.07) is 4.65. The van der Waals surface area contributed by atoms with Crippen LogP contribution in [0, 0.1) is 6.92 Å². The zero-order valence-corrected chi connectivity index (χ0v) is 15.0. The van der Waals surface area contributed by atoms with Crippen molar-refractivity contribution in [2.75, 3.05) is 6.54 Å². The van der Waals surface area contributed by atoms with E-state index < -0.39 is 5.97 Å². The highest BCUT2D eigenvalue weighted by molar-refractivity contribution is 5.97. The van der Waals surface area contributed by atoms with Crippen LogP contribution in [0.5, 0.6) is 0 Å². The molecule has 1 aromatic carbocycles. The Morgan fingerprint density at radius 2 is 1.96 bits per heavy atom. The molecule has 7 heteroatoms. The highest BCUT2D eigenvalue weighted by Gasteiger charge is 2.15. The number of aromatic carboxylic acids is 1. The van der Waals surface area contributed by atoms with Crippen LogP contribution in [0.3, 0.4) is 0 Å². The van der Waals surface area contributed by atoms with Crippen molar-refractivity contribution < 1.29 is 14.7 Å². The Morgan fingerprint density at radius 1 is 1.15 bits per heavy atom. The zero-order chi connectivity index (χ0) is 18.5. The first-order valence-electron chi connectivity index (χ1n) is 9.09. The van der Waals surface area contributed by atoms with Gasteiger partial charge >= 0.3 is 5.97 Å². The van der Waals surface area contributed by atoms with Gasteiger partial charge in [-0.15, -0.1) is 10.2 Å². The van der Waals surface area contributed by atoms with E-state index in [0.717, 1.165) is 49.4 Å². The van der Waals surface area contributed by atoms with Crippen molar-refractivity contribution in [3.05, 3.63) is 46.5 Å². The molecule has 0 saturated carbocycles. The molecule has 2 aromatic rings. The van der Waals surface area contributed by atoms with Gasteiger partial charge in [0.25, 0.3) is 5.91 Å². The second-order valence-corrected chi connectivity index (χ2v) is 6.75. The standard InChI is InChI=1S/C19H24N4O3/c1-13-10-14(12-15(11-13)19(25)26)18(24)20-8-5-7-17-22-21-16-6-3-2-4-9-23(16)17/h10-12H,2-9H2,1H3,(H,20,24)(H,25,26). The Morgan fingerprint density at radius 3 is 2.77 bits per heavy atom. The number of fused-ring (bicyclic) bond motifs is 1. The van der Waals surface area contributed by atoms with Gasteiger partial charge in [-0.05, 0) is 49.9 Å². The number of carboxylic acid groups (broad SMARTS) is 1. The Bertz CT molecular complexity index is 813. The Hall–Kier alpha value is -2.70. The van der Waals surface area contributed by atoms with Crippen molar-refractivity contribution in [3.8, 4) is 0 Å². The number of aryl methyl sites for hydroxylation is 3. The first kappa shape index (κ1) is 18.1. The molecule has 138 valence electrons. The maximum absolute atomic E-state index is 12.3. The molecule has 0 spiro atoms. The van der Waals surface area contributed by atoms with Crippen LogP contribution in [0.15, 0.2) is 18.2 Å². The summed E-state index contributed by atoms with van der Waals surface area (Å²) >= 11 is 0. The molecular weight excluding hydrogens is 332 g/mol. The molecule has 1 aromatic heterocycles. The van der Waals surface area contributed by atoms with E-state index in [0.29, 0.717) is 12.1 Å². The molecular formula is C19H24N4O3. The van der Waals surface area contributed by atoms with Gasteiger partial charge in [-0.25, -0.2) is 4.79 Å². The minimum atomic E-state index is -1.03. The van der Waals surface area contributed by atoms with Crippen molar-refractivity contribution in [1.82, 2.24) is 20.1 Å². The van der Waals surface area contributed by atoms with Gasteiger partial charge in [-0.2, -0.15) is 0 Å². The molecule has 26 heavy (non-hydrogen) atoms. The quantitative estimate of drug-likeness (QED) is 0.775. The van der Waals surface area contributed by atoms with E-state index in [1.807, 2.05) is 0 Å². The lowest BCUT2D eigenvalue weighted by atomic mass is 10.1. The van der Waals surface area contributed by atoms with Crippen LogP contribution in [-0.2, 0) is 19.4 Å². The number of nitrogens with one attached hydrogen (secondary N) is 1. The van der Waals surface area contributed by atoms with Crippen LogP contribution in [0.2, 0.25) is 0 Å². The molecule has 0 unspecified atom stereocenters. The number of nitrogens with zero attached hydrogens (tertiary/aromatic N) is 3. The lowest BCUT2D eigenvalue weighted by molar-refractivity contribution is 0.0696. The number of aromatic nitrogens is 3. The third-order valence-electron chi connectivity index (χ3n) is 4.64. The van der Waals surface area contributed by atoms with E-state index in [9.17, 15) is 9.59 Å². The highest BCUT2D eigenvalue weighted by Crippen LogP contribution is 2.15. The van der Waals surface area contributed by atoms with Crippen LogP contribution in [0.4, 0.5) is 0 Å². The average Bonchev–Trinajstić information content (AvgIpc) is 2.84. The van der Waals surface area contributed by atoms with Gasteiger partial charge in [0.05, 0.1) is 5.56 Å². The van der Waals surface area contributed by atoms with Crippen LogP contribution in [-0.4, -0.2) is 38.3 Å². The fraction of sp³-hybridized carbons (Fsp3) is 0.474. The SMILES string of the molecule is Cc1cc(C(=O)O)cc(C(=O)NCCCc2nnc3n2CCCCC3)c1. The third-order valence-corrected chi connectivity index (χ3v) is 4.64. The normalized spacial score (nSPS) is 13.7. The van der Waals surface area contributed by atoms with Crippen LogP contribution < -0.4 is 5.32 Å². The Labute approximate surface area is 152 Å². The molecule has 3 rings (SSSR count). The van der Waals surface area contributed by atoms with Crippen LogP contribution in [0.25, 0.3) is 0 Å². The first-order valence-corrected chi connectivity index (χ1v) is 9.09. The van der Waals surface area contributed by atoms with Crippen molar-refractivity contribution >= 4 is 11.9 Å². The van der Waals surface area contributed by atoms with Crippen LogP contribution in [0.1, 0.15) is 63.6 Å². The first-order chi connectivity index (χ1) is 12.5. The summed E-state index contributed by atoms with van der Waals surface area (Å²) in [4.78, 5) is 23.4. The topological polar surface area (TPSA) is 97.1 Å².